The van der Waals surface area contributed by atoms with E-state index in [1.165, 1.54) is 16.8 Å². The highest BCUT2D eigenvalue weighted by Gasteiger charge is 2.03. The summed E-state index contributed by atoms with van der Waals surface area (Å²) in [6.07, 6.45) is 2.30. The zero-order valence-corrected chi connectivity index (χ0v) is 9.04. The Morgan fingerprint density at radius 1 is 1.44 bits per heavy atom. The SMILES string of the molecule is CCCn1ccc(=O)n(CCN=[N+]=[N-])c1=O. The molecule has 0 saturated heterocycles. The number of aromatic nitrogens is 2. The number of aryl methyl sites for hydroxylation is 1. The zero-order valence-electron chi connectivity index (χ0n) is 9.04. The fraction of sp³-hybridized carbons (Fsp3) is 0.556. The fourth-order valence-corrected chi connectivity index (χ4v) is 1.36. The Balaban J connectivity index is 3.06. The third-order valence-corrected chi connectivity index (χ3v) is 2.09. The Morgan fingerprint density at radius 3 is 2.81 bits per heavy atom. The van der Waals surface area contributed by atoms with Crippen molar-refractivity contribution in [3.8, 4) is 0 Å². The number of hydrogen-bond donors (Lipinski definition) is 0. The van der Waals surface area contributed by atoms with E-state index in [2.05, 4.69) is 10.0 Å². The molecule has 0 N–H and O–H groups in total. The molecule has 7 heteroatoms. The summed E-state index contributed by atoms with van der Waals surface area (Å²) >= 11 is 0. The van der Waals surface area contributed by atoms with E-state index < -0.39 is 0 Å². The molecular weight excluding hydrogens is 210 g/mol. The van der Waals surface area contributed by atoms with Crippen molar-refractivity contribution in [3.63, 3.8) is 0 Å². The van der Waals surface area contributed by atoms with Gasteiger partial charge in [0.25, 0.3) is 5.56 Å². The second-order valence-electron chi connectivity index (χ2n) is 3.24. The van der Waals surface area contributed by atoms with Crippen molar-refractivity contribution in [3.05, 3.63) is 43.5 Å². The Hall–Kier alpha value is -2.01. The van der Waals surface area contributed by atoms with E-state index >= 15 is 0 Å². The molecule has 16 heavy (non-hydrogen) atoms. The molecular formula is C9H13N5O2. The third-order valence-electron chi connectivity index (χ3n) is 2.09. The molecule has 0 aliphatic rings. The van der Waals surface area contributed by atoms with Gasteiger partial charge in [0.1, 0.15) is 0 Å². The molecule has 1 aromatic heterocycles. The van der Waals surface area contributed by atoms with Gasteiger partial charge in [0.2, 0.25) is 0 Å². The summed E-state index contributed by atoms with van der Waals surface area (Å²) in [7, 11) is 0. The highest BCUT2D eigenvalue weighted by Crippen LogP contribution is 1.84. The molecule has 0 amide bonds. The van der Waals surface area contributed by atoms with Crippen molar-refractivity contribution in [1.82, 2.24) is 9.13 Å². The van der Waals surface area contributed by atoms with E-state index in [4.69, 9.17) is 5.53 Å². The minimum atomic E-state index is -0.370. The number of nitrogens with zero attached hydrogens (tertiary/aromatic N) is 5. The lowest BCUT2D eigenvalue weighted by molar-refractivity contribution is 0.549. The normalized spacial score (nSPS) is 9.81. The van der Waals surface area contributed by atoms with Crippen molar-refractivity contribution in [2.24, 2.45) is 5.11 Å². The molecule has 0 saturated carbocycles. The topological polar surface area (TPSA) is 92.8 Å². The van der Waals surface area contributed by atoms with E-state index in [-0.39, 0.29) is 24.3 Å². The maximum atomic E-state index is 11.8. The molecule has 0 radical (unpaired) electrons. The molecule has 1 heterocycles. The lowest BCUT2D eigenvalue weighted by Crippen LogP contribution is -2.39. The first-order valence-electron chi connectivity index (χ1n) is 5.02. The van der Waals surface area contributed by atoms with Crippen LogP contribution in [0.4, 0.5) is 0 Å². The van der Waals surface area contributed by atoms with Crippen LogP contribution in [0.3, 0.4) is 0 Å². The molecule has 0 fully saturated rings. The minimum Gasteiger partial charge on any atom is -0.300 e. The predicted molar refractivity (Wildman–Crippen MR) is 59.3 cm³/mol. The van der Waals surface area contributed by atoms with Crippen LogP contribution in [0.5, 0.6) is 0 Å². The second-order valence-corrected chi connectivity index (χ2v) is 3.24. The summed E-state index contributed by atoms with van der Waals surface area (Å²) in [5.74, 6) is 0. The maximum absolute atomic E-state index is 11.8. The van der Waals surface area contributed by atoms with Crippen LogP contribution in [0.2, 0.25) is 0 Å². The maximum Gasteiger partial charge on any atom is 0.330 e. The summed E-state index contributed by atoms with van der Waals surface area (Å²) in [5, 5.41) is 3.30. The fourth-order valence-electron chi connectivity index (χ4n) is 1.36. The first-order valence-corrected chi connectivity index (χ1v) is 5.02. The van der Waals surface area contributed by atoms with Crippen molar-refractivity contribution >= 4 is 0 Å². The zero-order chi connectivity index (χ0) is 12.0. The molecule has 1 rings (SSSR count). The van der Waals surface area contributed by atoms with Crippen molar-refractivity contribution in [1.29, 1.82) is 0 Å². The summed E-state index contributed by atoms with van der Waals surface area (Å²) < 4.78 is 2.54. The average molecular weight is 223 g/mol. The van der Waals surface area contributed by atoms with Gasteiger partial charge in [0.15, 0.2) is 0 Å². The second kappa shape index (κ2) is 5.77. The highest BCUT2D eigenvalue weighted by atomic mass is 16.2. The first kappa shape index (κ1) is 12.1. The Morgan fingerprint density at radius 2 is 2.19 bits per heavy atom. The van der Waals surface area contributed by atoms with Gasteiger partial charge >= 0.3 is 5.69 Å². The monoisotopic (exact) mass is 223 g/mol. The van der Waals surface area contributed by atoms with Gasteiger partial charge in [-0.15, -0.1) is 0 Å². The van der Waals surface area contributed by atoms with Gasteiger partial charge in [-0.3, -0.25) is 9.36 Å². The van der Waals surface area contributed by atoms with Crippen LogP contribution < -0.4 is 11.2 Å². The van der Waals surface area contributed by atoms with Crippen LogP contribution in [-0.4, -0.2) is 15.7 Å². The van der Waals surface area contributed by atoms with Crippen LogP contribution >= 0.6 is 0 Å². The van der Waals surface area contributed by atoms with E-state index in [1.54, 1.807) is 0 Å². The smallest absolute Gasteiger partial charge is 0.300 e. The van der Waals surface area contributed by atoms with Gasteiger partial charge in [-0.25, -0.2) is 4.79 Å². The summed E-state index contributed by atoms with van der Waals surface area (Å²) in [6, 6.07) is 1.34. The molecule has 0 spiro atoms. The van der Waals surface area contributed by atoms with Gasteiger partial charge in [-0.1, -0.05) is 12.0 Å². The van der Waals surface area contributed by atoms with Crippen LogP contribution in [0.1, 0.15) is 13.3 Å². The third kappa shape index (κ3) is 2.74. The van der Waals surface area contributed by atoms with Crippen LogP contribution in [0.15, 0.2) is 27.0 Å². The number of hydrogen-bond acceptors (Lipinski definition) is 3. The number of rotatable bonds is 5. The summed E-state index contributed by atoms with van der Waals surface area (Å²) in [6.45, 7) is 2.73. The molecule has 0 aromatic carbocycles. The highest BCUT2D eigenvalue weighted by molar-refractivity contribution is 4.86. The van der Waals surface area contributed by atoms with Crippen molar-refractivity contribution in [2.75, 3.05) is 6.54 Å². The molecule has 1 aromatic rings. The standard InChI is InChI=1S/C9H13N5O2/c1-2-5-13-6-3-8(15)14(9(13)16)7-4-11-12-10/h3,6H,2,4-5,7H2,1H3. The predicted octanol–water partition coefficient (Wildman–Crippen LogP) is 0.730. The van der Waals surface area contributed by atoms with Gasteiger partial charge in [0.05, 0.1) is 0 Å². The van der Waals surface area contributed by atoms with Gasteiger partial charge in [0, 0.05) is 36.8 Å². The molecule has 0 atom stereocenters. The Labute approximate surface area is 91.6 Å². The largest absolute Gasteiger partial charge is 0.330 e. The first-order chi connectivity index (χ1) is 7.70. The average Bonchev–Trinajstić information content (AvgIpc) is 2.27. The van der Waals surface area contributed by atoms with Crippen molar-refractivity contribution < 1.29 is 0 Å². The molecule has 0 aliphatic carbocycles. The molecule has 0 bridgehead atoms. The van der Waals surface area contributed by atoms with Crippen LogP contribution in [-0.2, 0) is 13.1 Å². The molecule has 0 aliphatic heterocycles. The van der Waals surface area contributed by atoms with Crippen LogP contribution in [0, 0.1) is 0 Å². The van der Waals surface area contributed by atoms with Gasteiger partial charge in [-0.2, -0.15) is 0 Å². The van der Waals surface area contributed by atoms with Gasteiger partial charge in [-0.05, 0) is 12.0 Å². The lowest BCUT2D eigenvalue weighted by Gasteiger charge is -2.07. The van der Waals surface area contributed by atoms with E-state index in [0.29, 0.717) is 6.54 Å². The molecule has 0 unspecified atom stereocenters. The molecule has 7 nitrogen and oxygen atoms in total. The number of azide groups is 1. The Kier molecular flexibility index (Phi) is 4.35. The van der Waals surface area contributed by atoms with E-state index in [9.17, 15) is 9.59 Å². The Bertz CT molecular complexity index is 509. The minimum absolute atomic E-state index is 0.0990. The lowest BCUT2D eigenvalue weighted by atomic mass is 10.4. The summed E-state index contributed by atoms with van der Waals surface area (Å²) in [5.41, 5.74) is 7.38. The van der Waals surface area contributed by atoms with Gasteiger partial charge < -0.3 is 4.57 Å². The van der Waals surface area contributed by atoms with E-state index in [1.807, 2.05) is 6.92 Å². The summed E-state index contributed by atoms with van der Waals surface area (Å²) in [4.78, 5) is 25.7. The van der Waals surface area contributed by atoms with E-state index in [0.717, 1.165) is 11.0 Å². The van der Waals surface area contributed by atoms with Crippen LogP contribution in [0.25, 0.3) is 10.4 Å². The molecule has 86 valence electrons. The van der Waals surface area contributed by atoms with Crippen molar-refractivity contribution in [2.45, 2.75) is 26.4 Å². The quantitative estimate of drug-likeness (QED) is 0.418.